The van der Waals surface area contributed by atoms with Crippen LogP contribution in [0.1, 0.15) is 16.1 Å². The molecule has 1 amide bonds. The quantitative estimate of drug-likeness (QED) is 0.679. The Balaban J connectivity index is 1.64. The smallest absolute Gasteiger partial charge is 0.273 e. The molecule has 1 aromatic carbocycles. The maximum absolute atomic E-state index is 12.6. The van der Waals surface area contributed by atoms with Crippen molar-refractivity contribution < 1.29 is 19.1 Å². The van der Waals surface area contributed by atoms with Gasteiger partial charge in [-0.15, -0.1) is 11.3 Å². The fraction of sp³-hybridized carbons (Fsp3) is 0. The van der Waals surface area contributed by atoms with E-state index in [2.05, 4.69) is 4.98 Å². The molecule has 2 aromatic heterocycles. The Labute approximate surface area is 161 Å². The Hall–Kier alpha value is -3.17. The summed E-state index contributed by atoms with van der Waals surface area (Å²) in [4.78, 5) is 29.5. The van der Waals surface area contributed by atoms with Gasteiger partial charge >= 0.3 is 0 Å². The second-order valence-corrected chi connectivity index (χ2v) is 7.31. The molecular weight excluding hydrogens is 386 g/mol. The van der Waals surface area contributed by atoms with Gasteiger partial charge in [-0.1, -0.05) is 24.3 Å². The van der Waals surface area contributed by atoms with Crippen LogP contribution in [0.2, 0.25) is 0 Å². The number of amidine groups is 1. The number of hydrogen-bond acceptors (Lipinski definition) is 8. The second kappa shape index (κ2) is 6.86. The first kappa shape index (κ1) is 17.3. The Morgan fingerprint density at radius 1 is 1.26 bits per heavy atom. The number of carboxylic acids is 1. The van der Waals surface area contributed by atoms with Crippen LogP contribution in [0.3, 0.4) is 0 Å². The minimum Gasteiger partial charge on any atom is -0.545 e. The minimum absolute atomic E-state index is 0.0223. The van der Waals surface area contributed by atoms with Gasteiger partial charge in [0.15, 0.2) is 10.3 Å². The predicted molar refractivity (Wildman–Crippen MR) is 101 cm³/mol. The van der Waals surface area contributed by atoms with Gasteiger partial charge in [0.05, 0.1) is 10.9 Å². The van der Waals surface area contributed by atoms with Crippen molar-refractivity contribution in [3.63, 3.8) is 0 Å². The second-order valence-electron chi connectivity index (χ2n) is 5.41. The number of nitrogens with zero attached hydrogens (tertiary/aromatic N) is 2. The Kier molecular flexibility index (Phi) is 4.38. The molecule has 3 aromatic rings. The molecule has 1 N–H and O–H groups in total. The summed E-state index contributed by atoms with van der Waals surface area (Å²) in [5, 5.41) is 21.5. The van der Waals surface area contributed by atoms with E-state index >= 15 is 0 Å². The fourth-order valence-electron chi connectivity index (χ4n) is 2.57. The molecule has 0 saturated carbocycles. The lowest BCUT2D eigenvalue weighted by atomic mass is 10.1. The van der Waals surface area contributed by atoms with E-state index in [4.69, 9.17) is 9.83 Å². The summed E-state index contributed by atoms with van der Waals surface area (Å²) in [6.07, 6.45) is 3.10. The van der Waals surface area contributed by atoms with Crippen molar-refractivity contribution >= 4 is 51.4 Å². The number of carboxylic acid groups (broad SMARTS) is 1. The van der Waals surface area contributed by atoms with Gasteiger partial charge in [0.2, 0.25) is 0 Å². The number of carbonyl (C=O) groups excluding carboxylic acids is 2. The first-order valence-corrected chi connectivity index (χ1v) is 9.37. The lowest BCUT2D eigenvalue weighted by Crippen LogP contribution is -2.27. The number of thioether (sulfide) groups is 1. The van der Waals surface area contributed by atoms with Crippen molar-refractivity contribution in [2.75, 3.05) is 4.90 Å². The summed E-state index contributed by atoms with van der Waals surface area (Å²) < 4.78 is 5.70. The molecule has 9 heteroatoms. The van der Waals surface area contributed by atoms with Gasteiger partial charge in [-0.25, -0.2) is 9.88 Å². The van der Waals surface area contributed by atoms with Crippen molar-refractivity contribution in [2.24, 2.45) is 0 Å². The summed E-state index contributed by atoms with van der Waals surface area (Å²) in [7, 11) is 0. The monoisotopic (exact) mass is 396 g/mol. The Morgan fingerprint density at radius 3 is 2.81 bits per heavy atom. The zero-order valence-corrected chi connectivity index (χ0v) is 15.2. The minimum atomic E-state index is -1.30. The van der Waals surface area contributed by atoms with Gasteiger partial charge in [0.1, 0.15) is 11.5 Å². The summed E-state index contributed by atoms with van der Waals surface area (Å²) >= 11 is 2.28. The van der Waals surface area contributed by atoms with Crippen molar-refractivity contribution in [1.82, 2.24) is 4.98 Å². The van der Waals surface area contributed by atoms with E-state index in [-0.39, 0.29) is 16.6 Å². The summed E-state index contributed by atoms with van der Waals surface area (Å²) in [6, 6.07) is 9.63. The maximum Gasteiger partial charge on any atom is 0.273 e. The Bertz CT molecular complexity index is 1090. The SMILES string of the molecule is N=C1S/C(=C/c2ccc(-c3ccccc3C(=O)[O-])o2)C(=O)N1c1nccs1. The average molecular weight is 396 g/mol. The molecule has 0 spiro atoms. The molecular formula is C18H10N3O4S2-. The number of carbonyl (C=O) groups is 2. The largest absolute Gasteiger partial charge is 0.545 e. The fourth-order valence-corrected chi connectivity index (χ4v) is 4.09. The molecule has 0 aliphatic carbocycles. The van der Waals surface area contributed by atoms with Crippen LogP contribution in [-0.4, -0.2) is 22.0 Å². The van der Waals surface area contributed by atoms with Gasteiger partial charge in [0.25, 0.3) is 5.91 Å². The lowest BCUT2D eigenvalue weighted by Gasteiger charge is -2.08. The summed E-state index contributed by atoms with van der Waals surface area (Å²) in [5.74, 6) is -0.921. The van der Waals surface area contributed by atoms with Crippen LogP contribution in [0.5, 0.6) is 0 Å². The molecule has 1 saturated heterocycles. The third kappa shape index (κ3) is 3.18. The number of aromatic carboxylic acids is 1. The lowest BCUT2D eigenvalue weighted by molar-refractivity contribution is -0.254. The third-order valence-corrected chi connectivity index (χ3v) is 5.39. The molecule has 0 atom stereocenters. The molecule has 0 bridgehead atoms. The van der Waals surface area contributed by atoms with Crippen molar-refractivity contribution in [3.05, 3.63) is 64.2 Å². The van der Waals surface area contributed by atoms with E-state index in [1.165, 1.54) is 28.4 Å². The molecule has 1 aliphatic rings. The van der Waals surface area contributed by atoms with E-state index in [0.717, 1.165) is 11.8 Å². The molecule has 7 nitrogen and oxygen atoms in total. The molecule has 27 heavy (non-hydrogen) atoms. The first-order chi connectivity index (χ1) is 13.0. The van der Waals surface area contributed by atoms with Crippen LogP contribution >= 0.6 is 23.1 Å². The highest BCUT2D eigenvalue weighted by molar-refractivity contribution is 8.19. The van der Waals surface area contributed by atoms with Crippen LogP contribution in [0.15, 0.2) is 57.3 Å². The van der Waals surface area contributed by atoms with Gasteiger partial charge in [-0.3, -0.25) is 10.2 Å². The highest BCUT2D eigenvalue weighted by atomic mass is 32.2. The molecule has 0 unspecified atom stereocenters. The van der Waals surface area contributed by atoms with Crippen LogP contribution < -0.4 is 10.0 Å². The van der Waals surface area contributed by atoms with E-state index in [1.54, 1.807) is 41.9 Å². The number of furan rings is 1. The van der Waals surface area contributed by atoms with Gasteiger partial charge in [-0.05, 0) is 23.9 Å². The highest BCUT2D eigenvalue weighted by Crippen LogP contribution is 2.36. The van der Waals surface area contributed by atoms with E-state index < -0.39 is 5.97 Å². The molecule has 3 heterocycles. The number of rotatable bonds is 4. The number of hydrogen-bond donors (Lipinski definition) is 1. The highest BCUT2D eigenvalue weighted by Gasteiger charge is 2.35. The predicted octanol–water partition coefficient (Wildman–Crippen LogP) is 2.82. The van der Waals surface area contributed by atoms with E-state index in [0.29, 0.717) is 27.1 Å². The normalized spacial score (nSPS) is 15.7. The molecule has 134 valence electrons. The van der Waals surface area contributed by atoms with Crippen LogP contribution in [-0.2, 0) is 4.79 Å². The van der Waals surface area contributed by atoms with E-state index in [1.807, 2.05) is 0 Å². The maximum atomic E-state index is 12.6. The zero-order chi connectivity index (χ0) is 19.0. The van der Waals surface area contributed by atoms with Crippen molar-refractivity contribution in [3.8, 4) is 11.3 Å². The number of anilines is 1. The van der Waals surface area contributed by atoms with E-state index in [9.17, 15) is 14.7 Å². The number of nitrogens with one attached hydrogen (secondary N) is 1. The van der Waals surface area contributed by atoms with Gasteiger partial charge in [0, 0.05) is 28.8 Å². The zero-order valence-electron chi connectivity index (χ0n) is 13.5. The molecule has 1 aliphatic heterocycles. The van der Waals surface area contributed by atoms with Crippen LogP contribution in [0.4, 0.5) is 5.13 Å². The first-order valence-electron chi connectivity index (χ1n) is 7.67. The van der Waals surface area contributed by atoms with Crippen molar-refractivity contribution in [1.29, 1.82) is 5.41 Å². The standard InChI is InChI=1S/C18H11N3O4S2/c19-17-21(18-20-7-8-26-18)15(22)14(27-17)9-10-5-6-13(25-10)11-3-1-2-4-12(11)16(23)24/h1-9,19H,(H,23,24)/p-1/b14-9+,19-17?. The number of benzene rings is 1. The van der Waals surface area contributed by atoms with Gasteiger partial charge < -0.3 is 14.3 Å². The summed E-state index contributed by atoms with van der Waals surface area (Å²) in [5.41, 5.74) is 0.416. The summed E-state index contributed by atoms with van der Waals surface area (Å²) in [6.45, 7) is 0. The van der Waals surface area contributed by atoms with Gasteiger partial charge in [-0.2, -0.15) is 0 Å². The third-order valence-electron chi connectivity index (χ3n) is 3.75. The van der Waals surface area contributed by atoms with Crippen molar-refractivity contribution in [2.45, 2.75) is 0 Å². The number of amides is 1. The van der Waals surface area contributed by atoms with Crippen LogP contribution in [0.25, 0.3) is 17.4 Å². The topological polar surface area (TPSA) is 110 Å². The molecule has 0 radical (unpaired) electrons. The molecule has 4 rings (SSSR count). The average Bonchev–Trinajstić information content (AvgIpc) is 3.37. The number of thiazole rings is 1. The molecule has 1 fully saturated rings. The number of aromatic nitrogens is 1. The van der Waals surface area contributed by atoms with Crippen LogP contribution in [0, 0.1) is 5.41 Å². The Morgan fingerprint density at radius 2 is 2.07 bits per heavy atom.